The highest BCUT2D eigenvalue weighted by molar-refractivity contribution is 5.96. The van der Waals surface area contributed by atoms with E-state index in [1.54, 1.807) is 12.1 Å². The topological polar surface area (TPSA) is 134 Å². The zero-order valence-electron chi connectivity index (χ0n) is 30.8. The maximum absolute atomic E-state index is 12.5. The average Bonchev–Trinajstić information content (AvgIpc) is 3.48. The zero-order valence-corrected chi connectivity index (χ0v) is 30.8. The van der Waals surface area contributed by atoms with Crippen LogP contribution in [0.15, 0.2) is 66.7 Å². The molecule has 288 valence electrons. The Morgan fingerprint density at radius 1 is 0.774 bits per heavy atom. The number of aromatic carboxylic acids is 1. The Hall–Kier alpha value is -4.87. The van der Waals surface area contributed by atoms with E-state index in [-0.39, 0.29) is 12.5 Å². The maximum atomic E-state index is 12.5. The Morgan fingerprint density at radius 3 is 1.98 bits per heavy atom. The number of halogens is 3. The summed E-state index contributed by atoms with van der Waals surface area (Å²) in [7, 11) is 0. The zero-order chi connectivity index (χ0) is 38.6. The lowest BCUT2D eigenvalue weighted by Crippen LogP contribution is -2.30. The molecule has 12 heteroatoms. The lowest BCUT2D eigenvalue weighted by atomic mass is 9.99. The fraction of sp³-hybridized carbons (Fsp3) is 0.463. The number of anilines is 1. The summed E-state index contributed by atoms with van der Waals surface area (Å²) in [6, 6.07) is 21.3. The summed E-state index contributed by atoms with van der Waals surface area (Å²) >= 11 is 0. The molecule has 0 radical (unpaired) electrons. The molecule has 0 aliphatic rings. The molecule has 0 aliphatic heterocycles. The molecule has 1 amide bonds. The summed E-state index contributed by atoms with van der Waals surface area (Å²) in [5, 5.41) is 23.1. The Kier molecular flexibility index (Phi) is 17.9. The number of hydrogen-bond donors (Lipinski definition) is 4. The number of benzene rings is 3. The van der Waals surface area contributed by atoms with E-state index in [2.05, 4.69) is 47.2 Å². The van der Waals surface area contributed by atoms with Crippen LogP contribution < -0.4 is 10.6 Å². The molecule has 0 saturated carbocycles. The summed E-state index contributed by atoms with van der Waals surface area (Å²) in [6.07, 6.45) is 10.8. The minimum Gasteiger partial charge on any atom is -0.478 e. The molecule has 0 atom stereocenters. The van der Waals surface area contributed by atoms with Crippen molar-refractivity contribution in [1.82, 2.24) is 14.9 Å². The van der Waals surface area contributed by atoms with Crippen molar-refractivity contribution in [3.8, 4) is 11.1 Å². The molecule has 0 unspecified atom stereocenters. The van der Waals surface area contributed by atoms with Gasteiger partial charge in [-0.2, -0.15) is 13.2 Å². The van der Waals surface area contributed by atoms with E-state index in [9.17, 15) is 27.9 Å². The van der Waals surface area contributed by atoms with Crippen LogP contribution in [-0.4, -0.2) is 56.9 Å². The van der Waals surface area contributed by atoms with E-state index >= 15 is 0 Å². The van der Waals surface area contributed by atoms with Crippen molar-refractivity contribution in [2.24, 2.45) is 0 Å². The lowest BCUT2D eigenvalue weighted by molar-refractivity contribution is -0.192. The van der Waals surface area contributed by atoms with Crippen LogP contribution >= 0.6 is 0 Å². The van der Waals surface area contributed by atoms with E-state index in [1.807, 2.05) is 36.4 Å². The highest BCUT2D eigenvalue weighted by Crippen LogP contribution is 2.27. The van der Waals surface area contributed by atoms with Crippen LogP contribution in [0.25, 0.3) is 22.2 Å². The number of nitrogens with zero attached hydrogens (tertiary/aromatic N) is 2. The van der Waals surface area contributed by atoms with Gasteiger partial charge < -0.3 is 25.4 Å². The molecule has 0 bridgehead atoms. The molecule has 3 aromatic carbocycles. The Bertz CT molecular complexity index is 1740. The number of unbranched alkanes of at least 4 members (excludes halogenated alkanes) is 10. The summed E-state index contributed by atoms with van der Waals surface area (Å²) in [6.45, 7) is 6.06. The van der Waals surface area contributed by atoms with E-state index < -0.39 is 18.1 Å². The van der Waals surface area contributed by atoms with Gasteiger partial charge in [0, 0.05) is 25.2 Å². The molecular weight excluding hydrogens is 685 g/mol. The van der Waals surface area contributed by atoms with Crippen molar-refractivity contribution in [3.05, 3.63) is 83.7 Å². The molecular formula is C41H53F3N4O5. The molecule has 1 aromatic heterocycles. The fourth-order valence-corrected chi connectivity index (χ4v) is 5.96. The van der Waals surface area contributed by atoms with Gasteiger partial charge in [-0.3, -0.25) is 4.79 Å². The van der Waals surface area contributed by atoms with Crippen LogP contribution in [0.3, 0.4) is 0 Å². The third-order valence-electron chi connectivity index (χ3n) is 8.89. The van der Waals surface area contributed by atoms with Crippen LogP contribution in [0.1, 0.15) is 113 Å². The number of carboxylic acid groups (broad SMARTS) is 2. The van der Waals surface area contributed by atoms with Crippen LogP contribution in [0.4, 0.5) is 18.9 Å². The number of aryl methyl sites for hydroxylation is 1. The van der Waals surface area contributed by atoms with Gasteiger partial charge in [0.25, 0.3) is 0 Å². The van der Waals surface area contributed by atoms with Gasteiger partial charge in [-0.25, -0.2) is 14.6 Å². The van der Waals surface area contributed by atoms with Crippen LogP contribution in [0.2, 0.25) is 0 Å². The molecule has 1 heterocycles. The molecule has 53 heavy (non-hydrogen) atoms. The van der Waals surface area contributed by atoms with Gasteiger partial charge in [-0.1, -0.05) is 121 Å². The second kappa shape index (κ2) is 22.3. The van der Waals surface area contributed by atoms with Crippen molar-refractivity contribution >= 4 is 34.6 Å². The van der Waals surface area contributed by atoms with Crippen molar-refractivity contribution in [1.29, 1.82) is 0 Å². The van der Waals surface area contributed by atoms with Gasteiger partial charge in [-0.05, 0) is 53.8 Å². The van der Waals surface area contributed by atoms with Crippen molar-refractivity contribution in [2.75, 3.05) is 18.4 Å². The second-order valence-electron chi connectivity index (χ2n) is 13.2. The number of hydrogen-bond acceptors (Lipinski definition) is 5. The van der Waals surface area contributed by atoms with Gasteiger partial charge in [-0.15, -0.1) is 0 Å². The van der Waals surface area contributed by atoms with Gasteiger partial charge in [0.15, 0.2) is 0 Å². The Balaban J connectivity index is 0.000000980. The number of aliphatic carboxylic acids is 1. The van der Waals surface area contributed by atoms with Crippen LogP contribution in [0.5, 0.6) is 0 Å². The van der Waals surface area contributed by atoms with E-state index in [1.165, 1.54) is 57.8 Å². The van der Waals surface area contributed by atoms with Gasteiger partial charge in [0.05, 0.1) is 23.1 Å². The monoisotopic (exact) mass is 738 g/mol. The highest BCUT2D eigenvalue weighted by atomic mass is 19.4. The number of imidazole rings is 1. The number of amides is 1. The first-order valence-electron chi connectivity index (χ1n) is 18.7. The molecule has 0 aliphatic carbocycles. The summed E-state index contributed by atoms with van der Waals surface area (Å²) in [5.74, 6) is -2.63. The van der Waals surface area contributed by atoms with E-state index in [0.29, 0.717) is 17.7 Å². The minimum absolute atomic E-state index is 0.0118. The third-order valence-corrected chi connectivity index (χ3v) is 8.89. The van der Waals surface area contributed by atoms with E-state index in [0.717, 1.165) is 65.9 Å². The number of fused-ring (bicyclic) bond motifs is 1. The number of carboxylic acids is 2. The molecule has 4 aromatic rings. The first kappa shape index (κ1) is 42.5. The number of rotatable bonds is 21. The summed E-state index contributed by atoms with van der Waals surface area (Å²) in [4.78, 5) is 38.1. The van der Waals surface area contributed by atoms with Gasteiger partial charge in [0.1, 0.15) is 5.82 Å². The predicted molar refractivity (Wildman–Crippen MR) is 203 cm³/mol. The Labute approximate surface area is 310 Å². The Morgan fingerprint density at radius 2 is 1.38 bits per heavy atom. The van der Waals surface area contributed by atoms with Crippen LogP contribution in [0, 0.1) is 0 Å². The van der Waals surface area contributed by atoms with Gasteiger partial charge >= 0.3 is 18.1 Å². The quantitative estimate of drug-likeness (QED) is 0.0626. The average molecular weight is 739 g/mol. The highest BCUT2D eigenvalue weighted by Gasteiger charge is 2.38. The third kappa shape index (κ3) is 14.6. The fourth-order valence-electron chi connectivity index (χ4n) is 5.96. The normalized spacial score (nSPS) is 11.2. The first-order chi connectivity index (χ1) is 25.4. The largest absolute Gasteiger partial charge is 0.490 e. The number of alkyl halides is 3. The number of carbonyl (C=O) groups excluding carboxylic acids is 1. The summed E-state index contributed by atoms with van der Waals surface area (Å²) in [5.41, 5.74) is 5.85. The van der Waals surface area contributed by atoms with Crippen molar-refractivity contribution in [3.63, 3.8) is 0 Å². The molecule has 0 fully saturated rings. The molecule has 0 saturated heterocycles. The standard InChI is InChI=1S/C39H52N4O3.C2HF3O2/c1-3-5-7-8-9-10-11-12-13-16-26-40-38(44)28-41-32-24-25-35-36(27-32)43(37(42-35)19-6-4-2)29-30-20-22-31(23-21-30)33-17-14-15-18-34(33)39(45)46;3-2(4,5)1(6)7/h14-15,17-18,20-25,27,41H,3-13,16,19,26,28-29H2,1-2H3,(H,40,44)(H,45,46);(H,6,7). The number of carbonyl (C=O) groups is 3. The second-order valence-corrected chi connectivity index (χ2v) is 13.2. The molecule has 4 N–H and O–H groups in total. The first-order valence-corrected chi connectivity index (χ1v) is 18.7. The van der Waals surface area contributed by atoms with Crippen LogP contribution in [-0.2, 0) is 22.6 Å². The van der Waals surface area contributed by atoms with Crippen molar-refractivity contribution in [2.45, 2.75) is 110 Å². The SMILES string of the molecule is CCCCCCCCCCCCNC(=O)CNc1ccc2nc(CCCC)n(Cc3ccc(-c4ccccc4C(=O)O)cc3)c2c1.O=C(O)C(F)(F)F. The maximum Gasteiger partial charge on any atom is 0.490 e. The molecule has 4 rings (SSSR count). The summed E-state index contributed by atoms with van der Waals surface area (Å²) < 4.78 is 34.0. The van der Waals surface area contributed by atoms with Crippen molar-refractivity contribution < 1.29 is 37.8 Å². The number of aromatic nitrogens is 2. The van der Waals surface area contributed by atoms with E-state index in [4.69, 9.17) is 14.9 Å². The predicted octanol–water partition coefficient (Wildman–Crippen LogP) is 9.87. The smallest absolute Gasteiger partial charge is 0.478 e. The van der Waals surface area contributed by atoms with Gasteiger partial charge in [0.2, 0.25) is 5.91 Å². The number of nitrogens with one attached hydrogen (secondary N) is 2. The minimum atomic E-state index is -5.08. The molecule has 9 nitrogen and oxygen atoms in total. The molecule has 0 spiro atoms. The lowest BCUT2D eigenvalue weighted by Gasteiger charge is -2.12.